The summed E-state index contributed by atoms with van der Waals surface area (Å²) in [5.74, 6) is -2.35. The van der Waals surface area contributed by atoms with E-state index >= 15 is 0 Å². The van der Waals surface area contributed by atoms with E-state index in [2.05, 4.69) is 5.32 Å². The first-order valence-electron chi connectivity index (χ1n) is 16.6. The van der Waals surface area contributed by atoms with Gasteiger partial charge in [0.1, 0.15) is 23.4 Å². The van der Waals surface area contributed by atoms with E-state index in [-0.39, 0.29) is 24.2 Å². The zero-order chi connectivity index (χ0) is 35.6. The highest BCUT2D eigenvalue weighted by molar-refractivity contribution is 5.93. The minimum Gasteiger partial charge on any atom is -0.456 e. The molecule has 0 unspecified atom stereocenters. The summed E-state index contributed by atoms with van der Waals surface area (Å²) in [7, 11) is 2.94. The molecule has 11 atom stereocenters. The van der Waals surface area contributed by atoms with Gasteiger partial charge in [0, 0.05) is 44.3 Å². The lowest BCUT2D eigenvalue weighted by atomic mass is 9.46. The molecule has 2 saturated carbocycles. The van der Waals surface area contributed by atoms with Crippen molar-refractivity contribution in [3.63, 3.8) is 0 Å². The van der Waals surface area contributed by atoms with E-state index in [1.807, 2.05) is 0 Å². The fraction of sp³-hybridized carbons (Fsp3) is 0.694. The first-order chi connectivity index (χ1) is 22.3. The SMILES string of the molecule is CO[C@H]1C(=O)[C@@]2(C)[C@@H]([C@@H]3CO[C@@H]3C[C@@H]2OC)[C@H](O)[C@]2(O)C[C@H](OC(=O)[C@H](O)[C@@H](NC(=O)OC(C)(C)C)c3ccccc3)C(C)=C1C2(C)C. The Hall–Kier alpha value is -2.87. The van der Waals surface area contributed by atoms with E-state index in [0.717, 1.165) is 0 Å². The number of benzene rings is 1. The maximum Gasteiger partial charge on any atom is 0.408 e. The van der Waals surface area contributed by atoms with Gasteiger partial charge in [-0.05, 0) is 51.3 Å². The Labute approximate surface area is 282 Å². The van der Waals surface area contributed by atoms with Gasteiger partial charge in [0.15, 0.2) is 11.9 Å². The van der Waals surface area contributed by atoms with Gasteiger partial charge >= 0.3 is 12.1 Å². The number of aliphatic hydroxyl groups excluding tert-OH is 2. The summed E-state index contributed by atoms with van der Waals surface area (Å²) in [4.78, 5) is 41.3. The number of methoxy groups -OCH3 is 2. The number of hydrogen-bond acceptors (Lipinski definition) is 11. The molecule has 0 aromatic heterocycles. The summed E-state index contributed by atoms with van der Waals surface area (Å²) in [6, 6.07) is 7.21. The Morgan fingerprint density at radius 3 is 2.27 bits per heavy atom. The molecule has 48 heavy (non-hydrogen) atoms. The lowest BCUT2D eigenvalue weighted by Gasteiger charge is -2.64. The van der Waals surface area contributed by atoms with E-state index in [1.165, 1.54) is 14.2 Å². The summed E-state index contributed by atoms with van der Waals surface area (Å²) < 4.78 is 29.0. The van der Waals surface area contributed by atoms with E-state index < -0.39 is 76.6 Å². The highest BCUT2D eigenvalue weighted by Gasteiger charge is 2.71. The van der Waals surface area contributed by atoms with Crippen molar-refractivity contribution < 1.29 is 53.4 Å². The van der Waals surface area contributed by atoms with Crippen molar-refractivity contribution >= 4 is 17.8 Å². The van der Waals surface area contributed by atoms with Gasteiger partial charge < -0.3 is 44.3 Å². The zero-order valence-corrected chi connectivity index (χ0v) is 29.3. The second kappa shape index (κ2) is 12.8. The van der Waals surface area contributed by atoms with Crippen molar-refractivity contribution in [1.29, 1.82) is 0 Å². The maximum atomic E-state index is 14.7. The molecular formula is C36H51NO11. The fourth-order valence-corrected chi connectivity index (χ4v) is 8.73. The van der Waals surface area contributed by atoms with Crippen LogP contribution in [0.4, 0.5) is 4.79 Å². The van der Waals surface area contributed by atoms with Crippen LogP contribution in [-0.4, -0.2) is 102 Å². The standard InChI is InChI=1S/C36H51NO11/c1-18-22(47-31(41)27(38)26(19-13-11-10-12-14-19)37-32(42)48-33(2,3)4)16-36(43)29(39)25-20-17-46-21(20)15-23(44-8)35(25,7)30(40)28(45-9)24(18)34(36,5)6/h10-14,20-23,25-29,38-39,43H,15-17H2,1-9H3,(H,37,42)/t20-,21-,22+,23+,25+,26+,27-,28-,29+,35-,36-/m1/s1. The molecule has 3 fully saturated rings. The minimum atomic E-state index is -1.91. The van der Waals surface area contributed by atoms with Gasteiger partial charge in [0.05, 0.1) is 36.4 Å². The summed E-state index contributed by atoms with van der Waals surface area (Å²) in [5, 5.41) is 39.1. The van der Waals surface area contributed by atoms with Crippen LogP contribution >= 0.6 is 0 Å². The molecule has 1 aromatic carbocycles. The summed E-state index contributed by atoms with van der Waals surface area (Å²) in [5.41, 5.74) is -3.90. The number of carbonyl (C=O) groups excluding carboxylic acids is 3. The van der Waals surface area contributed by atoms with Crippen LogP contribution in [0.3, 0.4) is 0 Å². The van der Waals surface area contributed by atoms with Crippen molar-refractivity contribution in [3.05, 3.63) is 47.0 Å². The van der Waals surface area contributed by atoms with Crippen LogP contribution in [0.1, 0.15) is 72.9 Å². The molecule has 1 aromatic rings. The van der Waals surface area contributed by atoms with Crippen molar-refractivity contribution in [2.75, 3.05) is 20.8 Å². The van der Waals surface area contributed by atoms with Gasteiger partial charge in [-0.25, -0.2) is 9.59 Å². The predicted octanol–water partition coefficient (Wildman–Crippen LogP) is 3.02. The molecule has 1 aliphatic heterocycles. The summed E-state index contributed by atoms with van der Waals surface area (Å²) >= 11 is 0. The van der Waals surface area contributed by atoms with Crippen LogP contribution < -0.4 is 5.32 Å². The molecule has 1 saturated heterocycles. The van der Waals surface area contributed by atoms with Crippen LogP contribution in [0, 0.1) is 22.7 Å². The highest BCUT2D eigenvalue weighted by Crippen LogP contribution is 2.62. The molecule has 3 aliphatic carbocycles. The number of rotatable bonds is 7. The maximum absolute atomic E-state index is 14.7. The Morgan fingerprint density at radius 2 is 1.73 bits per heavy atom. The molecule has 2 bridgehead atoms. The van der Waals surface area contributed by atoms with Crippen LogP contribution in [0.15, 0.2) is 41.5 Å². The van der Waals surface area contributed by atoms with E-state index in [9.17, 15) is 29.7 Å². The van der Waals surface area contributed by atoms with Gasteiger partial charge in [-0.15, -0.1) is 0 Å². The zero-order valence-electron chi connectivity index (χ0n) is 29.3. The van der Waals surface area contributed by atoms with Gasteiger partial charge in [0.2, 0.25) is 0 Å². The third-order valence-corrected chi connectivity index (χ3v) is 11.4. The first-order valence-corrected chi connectivity index (χ1v) is 16.6. The van der Waals surface area contributed by atoms with Crippen molar-refractivity contribution in [3.8, 4) is 0 Å². The van der Waals surface area contributed by atoms with Crippen molar-refractivity contribution in [1.82, 2.24) is 5.32 Å². The van der Waals surface area contributed by atoms with Crippen LogP contribution in [0.2, 0.25) is 0 Å². The highest BCUT2D eigenvalue weighted by atomic mass is 16.6. The third-order valence-electron chi connectivity index (χ3n) is 11.4. The number of Topliss-reactive ketones (excluding diaryl/α,β-unsaturated/α-hetero) is 1. The van der Waals surface area contributed by atoms with E-state index in [0.29, 0.717) is 29.7 Å². The molecule has 1 amide bonds. The Kier molecular flexibility index (Phi) is 9.70. The van der Waals surface area contributed by atoms with Crippen LogP contribution in [-0.2, 0) is 33.3 Å². The van der Waals surface area contributed by atoms with Gasteiger partial charge in [-0.1, -0.05) is 44.2 Å². The molecular weight excluding hydrogens is 622 g/mol. The van der Waals surface area contributed by atoms with Crippen molar-refractivity contribution in [2.24, 2.45) is 22.7 Å². The van der Waals surface area contributed by atoms with E-state index in [4.69, 9.17) is 23.7 Å². The molecule has 12 nitrogen and oxygen atoms in total. The number of amides is 1. The second-order valence-corrected chi connectivity index (χ2v) is 15.5. The van der Waals surface area contributed by atoms with Crippen LogP contribution in [0.5, 0.6) is 0 Å². The minimum absolute atomic E-state index is 0.223. The lowest BCUT2D eigenvalue weighted by Crippen LogP contribution is -2.74. The molecule has 12 heteroatoms. The number of ketones is 1. The quantitative estimate of drug-likeness (QED) is 0.248. The topological polar surface area (TPSA) is 170 Å². The Bertz CT molecular complexity index is 1440. The number of carbonyl (C=O) groups is 3. The average molecular weight is 674 g/mol. The first kappa shape index (κ1) is 36.4. The summed E-state index contributed by atoms with van der Waals surface area (Å²) in [6.07, 6.45) is -7.10. The van der Waals surface area contributed by atoms with Gasteiger partial charge in [0.25, 0.3) is 0 Å². The molecule has 4 N–H and O–H groups in total. The predicted molar refractivity (Wildman–Crippen MR) is 173 cm³/mol. The molecule has 0 radical (unpaired) electrons. The monoisotopic (exact) mass is 673 g/mol. The number of ether oxygens (including phenoxy) is 5. The molecule has 1 heterocycles. The number of alkyl carbamates (subject to hydrolysis) is 1. The molecule has 5 rings (SSSR count). The molecule has 4 aliphatic rings. The second-order valence-electron chi connectivity index (χ2n) is 15.5. The number of hydrogen-bond donors (Lipinski definition) is 4. The fourth-order valence-electron chi connectivity index (χ4n) is 8.73. The Balaban J connectivity index is 1.54. The lowest BCUT2D eigenvalue weighted by molar-refractivity contribution is -0.280. The number of fused-ring (bicyclic) bond motifs is 5. The number of aliphatic hydroxyl groups is 3. The van der Waals surface area contributed by atoms with Gasteiger partial charge in [-0.2, -0.15) is 0 Å². The molecule has 266 valence electrons. The van der Waals surface area contributed by atoms with E-state index in [1.54, 1.807) is 78.8 Å². The largest absolute Gasteiger partial charge is 0.456 e. The normalized spacial score (nSPS) is 37.1. The van der Waals surface area contributed by atoms with Gasteiger partial charge in [-0.3, -0.25) is 4.79 Å². The number of esters is 1. The summed E-state index contributed by atoms with van der Waals surface area (Å²) in [6.45, 7) is 12.4. The third kappa shape index (κ3) is 5.78. The average Bonchev–Trinajstić information content (AvgIpc) is 3.00. The Morgan fingerprint density at radius 1 is 1.08 bits per heavy atom. The number of nitrogens with one attached hydrogen (secondary N) is 1. The van der Waals surface area contributed by atoms with Crippen LogP contribution in [0.25, 0.3) is 0 Å². The smallest absolute Gasteiger partial charge is 0.408 e. The molecule has 0 spiro atoms. The van der Waals surface area contributed by atoms with Crippen molar-refractivity contribution in [2.45, 2.75) is 115 Å².